The van der Waals surface area contributed by atoms with Gasteiger partial charge in [-0.2, -0.15) is 0 Å². The highest BCUT2D eigenvalue weighted by atomic mass is 32.2. The number of aryl methyl sites for hydroxylation is 2. The molecule has 2 unspecified atom stereocenters. The van der Waals surface area contributed by atoms with Crippen LogP contribution in [-0.2, 0) is 17.6 Å². The Morgan fingerprint density at radius 1 is 0.645 bits per heavy atom. The molecule has 0 saturated carbocycles. The SMILES string of the molecule is C1=CSC(OC2C=CC=CS2)C=C1.c1ccc2c(c1)ccc1c3c(ccc12)CCCC3. The molecule has 3 aliphatic rings. The van der Waals surface area contributed by atoms with Crippen molar-refractivity contribution >= 4 is 45.1 Å². The van der Waals surface area contributed by atoms with E-state index in [1.165, 1.54) is 47.2 Å². The van der Waals surface area contributed by atoms with E-state index in [4.69, 9.17) is 4.74 Å². The molecular formula is C28H26OS2. The zero-order valence-electron chi connectivity index (χ0n) is 17.4. The van der Waals surface area contributed by atoms with E-state index in [0.717, 1.165) is 0 Å². The highest BCUT2D eigenvalue weighted by Gasteiger charge is 2.14. The standard InChI is InChI=1S/C18H16.C10H10OS2/c1-3-7-15-13(5-1)9-11-18-16-8-4-2-6-14(16)10-12-17(15)18;1-3-7-12-9(5-1)11-10-6-2-4-8-13-10/h1,3,5,7,9-12H,2,4,6,8H2;1-10H. The number of thioether (sulfide) groups is 2. The lowest BCUT2D eigenvalue weighted by atomic mass is 9.86. The molecule has 0 spiro atoms. The Balaban J connectivity index is 0.000000140. The molecule has 156 valence electrons. The lowest BCUT2D eigenvalue weighted by molar-refractivity contribution is 0.147. The molecule has 2 heterocycles. The summed E-state index contributed by atoms with van der Waals surface area (Å²) in [6.45, 7) is 0. The van der Waals surface area contributed by atoms with Crippen molar-refractivity contribution in [2.24, 2.45) is 0 Å². The van der Waals surface area contributed by atoms with Gasteiger partial charge in [-0.25, -0.2) is 0 Å². The fourth-order valence-corrected chi connectivity index (χ4v) is 5.84. The van der Waals surface area contributed by atoms with E-state index in [0.29, 0.717) is 0 Å². The van der Waals surface area contributed by atoms with Crippen molar-refractivity contribution in [2.75, 3.05) is 0 Å². The minimum absolute atomic E-state index is 0.165. The Labute approximate surface area is 192 Å². The Morgan fingerprint density at radius 3 is 2.10 bits per heavy atom. The lowest BCUT2D eigenvalue weighted by Gasteiger charge is -2.19. The van der Waals surface area contributed by atoms with Gasteiger partial charge < -0.3 is 4.74 Å². The van der Waals surface area contributed by atoms with E-state index < -0.39 is 0 Å². The van der Waals surface area contributed by atoms with Crippen LogP contribution in [0.5, 0.6) is 0 Å². The number of allylic oxidation sites excluding steroid dienone is 4. The van der Waals surface area contributed by atoms with Gasteiger partial charge in [0.15, 0.2) is 0 Å². The summed E-state index contributed by atoms with van der Waals surface area (Å²) in [6, 6.07) is 18.0. The highest BCUT2D eigenvalue weighted by Crippen LogP contribution is 2.33. The molecular weight excluding hydrogens is 416 g/mol. The maximum atomic E-state index is 5.78. The molecule has 2 aliphatic heterocycles. The molecule has 0 saturated heterocycles. The van der Waals surface area contributed by atoms with Crippen LogP contribution in [0.4, 0.5) is 0 Å². The number of rotatable bonds is 2. The normalized spacial score (nSPS) is 21.7. The van der Waals surface area contributed by atoms with Gasteiger partial charge in [-0.15, -0.1) is 0 Å². The third-order valence-corrected chi connectivity index (χ3v) is 7.57. The zero-order valence-corrected chi connectivity index (χ0v) is 19.1. The van der Waals surface area contributed by atoms with E-state index in [2.05, 4.69) is 71.5 Å². The van der Waals surface area contributed by atoms with Crippen molar-refractivity contribution in [3.05, 3.63) is 107 Å². The van der Waals surface area contributed by atoms with E-state index in [9.17, 15) is 0 Å². The summed E-state index contributed by atoms with van der Waals surface area (Å²) in [5.74, 6) is 0. The van der Waals surface area contributed by atoms with Crippen LogP contribution < -0.4 is 0 Å². The molecule has 0 fully saturated rings. The predicted molar refractivity (Wildman–Crippen MR) is 138 cm³/mol. The largest absolute Gasteiger partial charge is 0.345 e. The van der Waals surface area contributed by atoms with Gasteiger partial charge in [-0.05, 0) is 81.3 Å². The fraction of sp³-hybridized carbons (Fsp3) is 0.214. The van der Waals surface area contributed by atoms with Gasteiger partial charge in [0.2, 0.25) is 0 Å². The van der Waals surface area contributed by atoms with Crippen molar-refractivity contribution in [1.29, 1.82) is 0 Å². The van der Waals surface area contributed by atoms with Crippen LogP contribution in [0, 0.1) is 0 Å². The van der Waals surface area contributed by atoms with Crippen molar-refractivity contribution in [2.45, 2.75) is 36.6 Å². The van der Waals surface area contributed by atoms with Crippen molar-refractivity contribution in [1.82, 2.24) is 0 Å². The molecule has 1 nitrogen and oxygen atoms in total. The van der Waals surface area contributed by atoms with Crippen LogP contribution in [0.15, 0.2) is 95.8 Å². The quantitative estimate of drug-likeness (QED) is 0.370. The smallest absolute Gasteiger partial charge is 0.127 e. The van der Waals surface area contributed by atoms with E-state index in [-0.39, 0.29) is 10.9 Å². The molecule has 3 heteroatoms. The van der Waals surface area contributed by atoms with Crippen molar-refractivity contribution in [3.63, 3.8) is 0 Å². The van der Waals surface area contributed by atoms with E-state index >= 15 is 0 Å². The van der Waals surface area contributed by atoms with Crippen molar-refractivity contribution < 1.29 is 4.74 Å². The lowest BCUT2D eigenvalue weighted by Crippen LogP contribution is -2.13. The summed E-state index contributed by atoms with van der Waals surface area (Å²) in [6.07, 6.45) is 17.4. The summed E-state index contributed by atoms with van der Waals surface area (Å²) in [5.41, 5.74) is 3.51. The van der Waals surface area contributed by atoms with Gasteiger partial charge in [0, 0.05) is 0 Å². The molecule has 3 aromatic rings. The summed E-state index contributed by atoms with van der Waals surface area (Å²) < 4.78 is 5.78. The van der Waals surface area contributed by atoms with E-state index in [1.807, 2.05) is 24.3 Å². The Morgan fingerprint density at radius 2 is 1.35 bits per heavy atom. The first-order valence-corrected chi connectivity index (χ1v) is 12.8. The minimum Gasteiger partial charge on any atom is -0.345 e. The molecule has 2 atom stereocenters. The number of ether oxygens (including phenoxy) is 1. The van der Waals surface area contributed by atoms with Gasteiger partial charge in [0.25, 0.3) is 0 Å². The molecule has 0 bridgehead atoms. The first-order chi connectivity index (χ1) is 15.4. The zero-order chi connectivity index (χ0) is 20.9. The van der Waals surface area contributed by atoms with Crippen LogP contribution in [0.3, 0.4) is 0 Å². The summed E-state index contributed by atoms with van der Waals surface area (Å²) in [7, 11) is 0. The van der Waals surface area contributed by atoms with Gasteiger partial charge in [0.05, 0.1) is 0 Å². The average molecular weight is 443 g/mol. The number of hydrogen-bond donors (Lipinski definition) is 0. The molecule has 0 N–H and O–H groups in total. The van der Waals surface area contributed by atoms with Gasteiger partial charge in [-0.1, -0.05) is 96.4 Å². The average Bonchev–Trinajstić information content (AvgIpc) is 2.85. The van der Waals surface area contributed by atoms with Crippen LogP contribution in [0.1, 0.15) is 24.0 Å². The minimum atomic E-state index is 0.165. The van der Waals surface area contributed by atoms with Crippen LogP contribution in [0.25, 0.3) is 21.5 Å². The van der Waals surface area contributed by atoms with Crippen LogP contribution in [-0.4, -0.2) is 10.9 Å². The molecule has 0 radical (unpaired) electrons. The maximum Gasteiger partial charge on any atom is 0.127 e. The topological polar surface area (TPSA) is 9.23 Å². The Bertz CT molecular complexity index is 1160. The molecule has 0 amide bonds. The molecule has 3 aromatic carbocycles. The first kappa shape index (κ1) is 20.7. The maximum absolute atomic E-state index is 5.78. The second kappa shape index (κ2) is 9.95. The van der Waals surface area contributed by atoms with Gasteiger partial charge >= 0.3 is 0 Å². The number of fused-ring (bicyclic) bond motifs is 5. The Kier molecular flexibility index (Phi) is 6.64. The highest BCUT2D eigenvalue weighted by molar-refractivity contribution is 8.03. The van der Waals surface area contributed by atoms with Gasteiger partial charge in [0.1, 0.15) is 10.9 Å². The monoisotopic (exact) mass is 442 g/mol. The third-order valence-electron chi connectivity index (χ3n) is 5.87. The Hall–Kier alpha value is -2.20. The molecule has 6 rings (SSSR count). The fourth-order valence-electron chi connectivity index (χ4n) is 4.37. The van der Waals surface area contributed by atoms with Crippen LogP contribution >= 0.6 is 23.5 Å². The van der Waals surface area contributed by atoms with Gasteiger partial charge in [-0.3, -0.25) is 0 Å². The second-order valence-electron chi connectivity index (χ2n) is 7.86. The van der Waals surface area contributed by atoms with Crippen LogP contribution in [0.2, 0.25) is 0 Å². The summed E-state index contributed by atoms with van der Waals surface area (Å²) in [4.78, 5) is 0. The second-order valence-corrected chi connectivity index (χ2v) is 9.88. The molecule has 0 aromatic heterocycles. The number of hydrogen-bond acceptors (Lipinski definition) is 3. The number of benzene rings is 3. The van der Waals surface area contributed by atoms with E-state index in [1.54, 1.807) is 34.7 Å². The van der Waals surface area contributed by atoms with Crippen molar-refractivity contribution in [3.8, 4) is 0 Å². The third kappa shape index (κ3) is 4.85. The molecule has 31 heavy (non-hydrogen) atoms. The molecule has 1 aliphatic carbocycles. The predicted octanol–water partition coefficient (Wildman–Crippen LogP) is 8.16. The summed E-state index contributed by atoms with van der Waals surface area (Å²) in [5, 5.41) is 9.75. The summed E-state index contributed by atoms with van der Waals surface area (Å²) >= 11 is 3.39. The first-order valence-electron chi connectivity index (χ1n) is 10.9.